The summed E-state index contributed by atoms with van der Waals surface area (Å²) in [6.07, 6.45) is 5.23. The Hall–Kier alpha value is -3.45. The first-order valence-corrected chi connectivity index (χ1v) is 16.9. The largest absolute Gasteiger partial charge is 0.483 e. The van der Waals surface area contributed by atoms with Crippen LogP contribution in [0.25, 0.3) is 10.9 Å². The molecule has 2 aromatic carbocycles. The number of nitrogens with one attached hydrogen (secondary N) is 2. The highest BCUT2D eigenvalue weighted by atomic mass is 32.2. The van der Waals surface area contributed by atoms with Gasteiger partial charge >= 0.3 is 0 Å². The number of aryl methyl sites for hydroxylation is 2. The predicted molar refractivity (Wildman–Crippen MR) is 171 cm³/mol. The lowest BCUT2D eigenvalue weighted by atomic mass is 9.99. The number of sulfonamides is 1. The fraction of sp³-hybridized carbons (Fsp3) is 0.500. The van der Waals surface area contributed by atoms with E-state index in [1.54, 1.807) is 6.07 Å². The summed E-state index contributed by atoms with van der Waals surface area (Å²) in [5.41, 5.74) is 3.90. The quantitative estimate of drug-likeness (QED) is 0.237. The van der Waals surface area contributed by atoms with Crippen LogP contribution in [0.4, 0.5) is 5.69 Å². The van der Waals surface area contributed by atoms with Crippen molar-refractivity contribution in [1.82, 2.24) is 15.2 Å². The molecule has 0 unspecified atom stereocenters. The van der Waals surface area contributed by atoms with E-state index >= 15 is 0 Å². The molecule has 1 saturated heterocycles. The molecule has 2 aliphatic heterocycles. The van der Waals surface area contributed by atoms with Gasteiger partial charge in [0, 0.05) is 56.0 Å². The third-order valence-corrected chi connectivity index (χ3v) is 10.0. The molecule has 0 radical (unpaired) electrons. The molecule has 1 fully saturated rings. The number of aliphatic hydroxyl groups excluding tert-OH is 1. The number of nitrogens with zero attached hydrogens (tertiary/aromatic N) is 2. The monoisotopic (exact) mass is 628 g/mol. The Labute approximate surface area is 259 Å². The molecular weight excluding hydrogens is 584 g/mol. The first-order valence-electron chi connectivity index (χ1n) is 15.3. The maximum Gasteiger partial charge on any atom is 0.290 e. The Balaban J connectivity index is 0.00000141. The molecule has 3 aromatic rings. The second-order valence-electron chi connectivity index (χ2n) is 11.2. The van der Waals surface area contributed by atoms with E-state index in [2.05, 4.69) is 17.6 Å². The van der Waals surface area contributed by atoms with Gasteiger partial charge in [-0.2, -0.15) is 0 Å². The van der Waals surface area contributed by atoms with Gasteiger partial charge in [0.1, 0.15) is 0 Å². The van der Waals surface area contributed by atoms with Crippen molar-refractivity contribution in [2.45, 2.75) is 70.7 Å². The molecule has 11 nitrogen and oxygen atoms in total. The summed E-state index contributed by atoms with van der Waals surface area (Å²) >= 11 is 0. The van der Waals surface area contributed by atoms with Crippen LogP contribution in [-0.2, 0) is 38.9 Å². The van der Waals surface area contributed by atoms with Gasteiger partial charge in [0.25, 0.3) is 12.4 Å². The molecule has 1 aromatic heterocycles. The number of benzene rings is 2. The van der Waals surface area contributed by atoms with Crippen molar-refractivity contribution in [2.24, 2.45) is 0 Å². The summed E-state index contributed by atoms with van der Waals surface area (Å²) in [7, 11) is -3.53. The lowest BCUT2D eigenvalue weighted by Crippen LogP contribution is -2.50. The molecule has 3 heterocycles. The second kappa shape index (κ2) is 15.5. The molecule has 0 spiro atoms. The van der Waals surface area contributed by atoms with E-state index in [1.807, 2.05) is 54.1 Å². The molecule has 5 rings (SSSR count). The number of amides is 1. The van der Waals surface area contributed by atoms with Gasteiger partial charge in [0.15, 0.2) is 0 Å². The van der Waals surface area contributed by atoms with Crippen molar-refractivity contribution >= 4 is 39.0 Å². The number of aromatic nitrogens is 1. The topological polar surface area (TPSA) is 150 Å². The van der Waals surface area contributed by atoms with E-state index in [4.69, 9.17) is 14.6 Å². The first kappa shape index (κ1) is 33.4. The third-order valence-electron chi connectivity index (χ3n) is 8.21. The Morgan fingerprint density at radius 3 is 2.52 bits per heavy atom. The van der Waals surface area contributed by atoms with E-state index in [0.29, 0.717) is 44.0 Å². The minimum atomic E-state index is -3.53. The minimum Gasteiger partial charge on any atom is -0.483 e. The van der Waals surface area contributed by atoms with E-state index in [0.717, 1.165) is 47.7 Å². The summed E-state index contributed by atoms with van der Waals surface area (Å²) in [6.45, 7) is 6.09. The molecule has 1 amide bonds. The number of carboxylic acid groups (broad SMARTS) is 1. The zero-order valence-corrected chi connectivity index (χ0v) is 26.3. The van der Waals surface area contributed by atoms with Crippen molar-refractivity contribution in [1.29, 1.82) is 0 Å². The lowest BCUT2D eigenvalue weighted by molar-refractivity contribution is -0.122. The molecule has 0 aliphatic carbocycles. The molecule has 12 heteroatoms. The first-order chi connectivity index (χ1) is 21.2. The second-order valence-corrected chi connectivity index (χ2v) is 13.2. The molecule has 2 atom stereocenters. The molecule has 240 valence electrons. The number of hydrogen-bond donors (Lipinski definition) is 4. The van der Waals surface area contributed by atoms with Crippen LogP contribution < -0.4 is 14.9 Å². The minimum absolute atomic E-state index is 0.0118. The third kappa shape index (κ3) is 7.98. The number of hydrogen-bond acceptors (Lipinski definition) is 7. The Kier molecular flexibility index (Phi) is 11.8. The zero-order valence-electron chi connectivity index (χ0n) is 25.4. The van der Waals surface area contributed by atoms with Gasteiger partial charge in [0.05, 0.1) is 29.1 Å². The SMILES string of the molecule is CCCc1cn2c3c(cc(C(=O)N[C@@H](Cc4ccccc4)[C@H](O)CNC4CCOCC4)cc13)N(CC)S(=O)(=O)CC2.O=CO. The van der Waals surface area contributed by atoms with Crippen molar-refractivity contribution in [3.8, 4) is 0 Å². The summed E-state index contributed by atoms with van der Waals surface area (Å²) in [5, 5.41) is 25.6. The Morgan fingerprint density at radius 2 is 1.86 bits per heavy atom. The smallest absolute Gasteiger partial charge is 0.290 e. The fourth-order valence-corrected chi connectivity index (χ4v) is 7.51. The van der Waals surface area contributed by atoms with Gasteiger partial charge in [-0.3, -0.25) is 13.9 Å². The van der Waals surface area contributed by atoms with E-state index < -0.39 is 22.2 Å². The van der Waals surface area contributed by atoms with Gasteiger partial charge in [-0.1, -0.05) is 43.7 Å². The van der Waals surface area contributed by atoms with Gasteiger partial charge in [-0.05, 0) is 55.9 Å². The number of rotatable bonds is 11. The van der Waals surface area contributed by atoms with Crippen LogP contribution >= 0.6 is 0 Å². The Bertz CT molecular complexity index is 1500. The maximum absolute atomic E-state index is 13.9. The van der Waals surface area contributed by atoms with Crippen LogP contribution in [0.15, 0.2) is 48.7 Å². The number of carbonyl (C=O) groups is 2. The van der Waals surface area contributed by atoms with Crippen LogP contribution in [0.5, 0.6) is 0 Å². The average molecular weight is 629 g/mol. The predicted octanol–water partition coefficient (Wildman–Crippen LogP) is 2.93. The van der Waals surface area contributed by atoms with Crippen LogP contribution in [0, 0.1) is 0 Å². The van der Waals surface area contributed by atoms with Gasteiger partial charge in [0.2, 0.25) is 10.0 Å². The molecular formula is C32H44N4O7S. The van der Waals surface area contributed by atoms with E-state index in [9.17, 15) is 18.3 Å². The summed E-state index contributed by atoms with van der Waals surface area (Å²) < 4.78 is 35.2. The lowest BCUT2D eigenvalue weighted by Gasteiger charge is -2.29. The van der Waals surface area contributed by atoms with E-state index in [1.165, 1.54) is 4.31 Å². The van der Waals surface area contributed by atoms with Crippen molar-refractivity contribution < 1.29 is 33.0 Å². The maximum atomic E-state index is 13.9. The van der Waals surface area contributed by atoms with Crippen LogP contribution in [-0.4, -0.2) is 85.8 Å². The standard InChI is InChI=1S/C31H42N4O5S.CH2O2/c1-3-8-23-21-34-13-16-41(38,39)35(4-2)28-19-24(18-26(23)30(28)34)31(37)33-27(17-22-9-6-5-7-10-22)29(36)20-32-25-11-14-40-15-12-25;2-1-3/h5-7,9-10,18-19,21,25,27,29,32,36H,3-4,8,11-17,20H2,1-2H3,(H,33,37);1H,(H,2,3)/t27-,29+;/m0./s1. The highest BCUT2D eigenvalue weighted by Gasteiger charge is 2.31. The fourth-order valence-electron chi connectivity index (χ4n) is 6.03. The van der Waals surface area contributed by atoms with Crippen LogP contribution in [0.3, 0.4) is 0 Å². The van der Waals surface area contributed by atoms with E-state index in [-0.39, 0.29) is 30.7 Å². The Morgan fingerprint density at radius 1 is 1.16 bits per heavy atom. The molecule has 44 heavy (non-hydrogen) atoms. The number of carbonyl (C=O) groups excluding carboxylic acids is 1. The van der Waals surface area contributed by atoms with Crippen LogP contribution in [0.2, 0.25) is 0 Å². The van der Waals surface area contributed by atoms with Crippen molar-refractivity contribution in [3.05, 3.63) is 65.4 Å². The highest BCUT2D eigenvalue weighted by Crippen LogP contribution is 2.36. The molecule has 2 aliphatic rings. The number of anilines is 1. The number of aliphatic hydroxyl groups is 1. The molecule has 0 saturated carbocycles. The van der Waals surface area contributed by atoms with Gasteiger partial charge < -0.3 is 30.2 Å². The number of ether oxygens (including phenoxy) is 1. The van der Waals surface area contributed by atoms with Gasteiger partial charge in [-0.25, -0.2) is 8.42 Å². The summed E-state index contributed by atoms with van der Waals surface area (Å²) in [4.78, 5) is 22.2. The zero-order chi connectivity index (χ0) is 31.7. The normalized spacial score (nSPS) is 17.7. The van der Waals surface area contributed by atoms with Gasteiger partial charge in [-0.15, -0.1) is 0 Å². The summed E-state index contributed by atoms with van der Waals surface area (Å²) in [5.74, 6) is -0.320. The van der Waals surface area contributed by atoms with Crippen molar-refractivity contribution in [2.75, 3.05) is 36.4 Å². The highest BCUT2D eigenvalue weighted by molar-refractivity contribution is 7.92. The molecule has 4 N–H and O–H groups in total. The average Bonchev–Trinajstić information content (AvgIpc) is 3.32. The summed E-state index contributed by atoms with van der Waals surface area (Å²) in [6, 6.07) is 13.1. The molecule has 0 bridgehead atoms. The van der Waals surface area contributed by atoms with Crippen LogP contribution in [0.1, 0.15) is 54.6 Å². The van der Waals surface area contributed by atoms with Crippen molar-refractivity contribution in [3.63, 3.8) is 0 Å².